The highest BCUT2D eigenvalue weighted by Gasteiger charge is 2.23. The summed E-state index contributed by atoms with van der Waals surface area (Å²) in [4.78, 5) is 2.18. The van der Waals surface area contributed by atoms with Crippen molar-refractivity contribution in [3.63, 3.8) is 0 Å². The van der Waals surface area contributed by atoms with Gasteiger partial charge in [-0.1, -0.05) is 6.42 Å². The van der Waals surface area contributed by atoms with Crippen LogP contribution in [0.4, 0.5) is 4.39 Å². The molecule has 1 fully saturated rings. The number of rotatable bonds is 6. The van der Waals surface area contributed by atoms with Crippen LogP contribution in [0, 0.1) is 5.82 Å². The molecule has 0 bridgehead atoms. The Balaban J connectivity index is 1.70. The van der Waals surface area contributed by atoms with Crippen molar-refractivity contribution >= 4 is 0 Å². The molecule has 0 spiro atoms. The number of aliphatic hydroxyl groups excluding tert-OH is 1. The number of halogens is 1. The highest BCUT2D eigenvalue weighted by Crippen LogP contribution is 2.23. The van der Waals surface area contributed by atoms with Crippen LogP contribution in [0.2, 0.25) is 0 Å². The molecule has 2 rings (SSSR count). The van der Waals surface area contributed by atoms with E-state index in [1.165, 1.54) is 31.4 Å². The lowest BCUT2D eigenvalue weighted by molar-refractivity contribution is 0.0476. The first-order chi connectivity index (χ1) is 8.65. The molecule has 0 aliphatic heterocycles. The fourth-order valence-electron chi connectivity index (χ4n) is 2.08. The van der Waals surface area contributed by atoms with Crippen LogP contribution in [0.5, 0.6) is 5.75 Å². The van der Waals surface area contributed by atoms with Crippen LogP contribution in [0.15, 0.2) is 24.3 Å². The Morgan fingerprint density at radius 2 is 2.06 bits per heavy atom. The molecule has 0 heterocycles. The average Bonchev–Trinajstić information content (AvgIpc) is 2.25. The maximum absolute atomic E-state index is 12.7. The minimum absolute atomic E-state index is 0.239. The molecule has 100 valence electrons. The second-order valence-electron chi connectivity index (χ2n) is 4.94. The van der Waals surface area contributed by atoms with Crippen LogP contribution in [-0.2, 0) is 0 Å². The zero-order chi connectivity index (χ0) is 13.0. The largest absolute Gasteiger partial charge is 0.491 e. The number of nitrogens with zero attached hydrogens (tertiary/aromatic N) is 1. The molecule has 1 unspecified atom stereocenters. The van der Waals surface area contributed by atoms with Gasteiger partial charge >= 0.3 is 0 Å². The average molecular weight is 253 g/mol. The maximum atomic E-state index is 12.7. The minimum atomic E-state index is -0.513. The lowest BCUT2D eigenvalue weighted by Crippen LogP contribution is -2.42. The molecule has 0 amide bonds. The van der Waals surface area contributed by atoms with E-state index in [1.807, 2.05) is 7.05 Å². The Kier molecular flexibility index (Phi) is 4.55. The van der Waals surface area contributed by atoms with E-state index in [4.69, 9.17) is 4.74 Å². The molecule has 0 radical (unpaired) electrons. The summed E-state index contributed by atoms with van der Waals surface area (Å²) in [6, 6.07) is 6.45. The number of benzene rings is 1. The summed E-state index contributed by atoms with van der Waals surface area (Å²) < 4.78 is 18.1. The SMILES string of the molecule is CN(CC(O)COc1ccc(F)cc1)C1CCC1. The fraction of sp³-hybridized carbons (Fsp3) is 0.571. The molecule has 3 nitrogen and oxygen atoms in total. The third-order valence-corrected chi connectivity index (χ3v) is 3.45. The fourth-order valence-corrected chi connectivity index (χ4v) is 2.08. The smallest absolute Gasteiger partial charge is 0.123 e. The van der Waals surface area contributed by atoms with Crippen molar-refractivity contribution in [1.82, 2.24) is 4.90 Å². The molecular formula is C14H20FNO2. The van der Waals surface area contributed by atoms with Crippen molar-refractivity contribution < 1.29 is 14.2 Å². The van der Waals surface area contributed by atoms with Gasteiger partial charge in [-0.3, -0.25) is 0 Å². The van der Waals surface area contributed by atoms with Crippen LogP contribution in [-0.4, -0.2) is 42.4 Å². The van der Waals surface area contributed by atoms with Gasteiger partial charge in [-0.05, 0) is 44.2 Å². The van der Waals surface area contributed by atoms with Crippen LogP contribution in [0.1, 0.15) is 19.3 Å². The molecule has 1 aromatic carbocycles. The molecule has 1 N–H and O–H groups in total. The highest BCUT2D eigenvalue weighted by atomic mass is 19.1. The molecule has 1 saturated carbocycles. The van der Waals surface area contributed by atoms with Gasteiger partial charge in [-0.15, -0.1) is 0 Å². The number of aliphatic hydroxyl groups is 1. The van der Waals surface area contributed by atoms with E-state index in [2.05, 4.69) is 4.90 Å². The number of hydrogen-bond donors (Lipinski definition) is 1. The highest BCUT2D eigenvalue weighted by molar-refractivity contribution is 5.22. The van der Waals surface area contributed by atoms with E-state index < -0.39 is 6.10 Å². The Labute approximate surface area is 107 Å². The zero-order valence-corrected chi connectivity index (χ0v) is 10.7. The van der Waals surface area contributed by atoms with E-state index in [9.17, 15) is 9.50 Å². The van der Waals surface area contributed by atoms with Gasteiger partial charge in [0.05, 0.1) is 0 Å². The predicted octanol–water partition coefficient (Wildman–Crippen LogP) is 2.05. The standard InChI is InChI=1S/C14H20FNO2/c1-16(12-3-2-4-12)9-13(17)10-18-14-7-5-11(15)6-8-14/h5-8,12-13,17H,2-4,9-10H2,1H3. The van der Waals surface area contributed by atoms with Crippen molar-refractivity contribution in [1.29, 1.82) is 0 Å². The van der Waals surface area contributed by atoms with Crippen LogP contribution in [0.25, 0.3) is 0 Å². The van der Waals surface area contributed by atoms with E-state index in [1.54, 1.807) is 12.1 Å². The Bertz CT molecular complexity index is 365. The maximum Gasteiger partial charge on any atom is 0.123 e. The molecule has 1 aromatic rings. The van der Waals surface area contributed by atoms with Gasteiger partial charge in [0, 0.05) is 12.6 Å². The van der Waals surface area contributed by atoms with Crippen molar-refractivity contribution in [2.24, 2.45) is 0 Å². The molecule has 0 saturated heterocycles. The van der Waals surface area contributed by atoms with Gasteiger partial charge in [0.25, 0.3) is 0 Å². The molecule has 1 aliphatic carbocycles. The van der Waals surface area contributed by atoms with E-state index in [0.29, 0.717) is 18.3 Å². The van der Waals surface area contributed by atoms with Crippen LogP contribution in [0.3, 0.4) is 0 Å². The molecule has 1 aliphatic rings. The predicted molar refractivity (Wildman–Crippen MR) is 68.2 cm³/mol. The Hall–Kier alpha value is -1.13. The molecule has 18 heavy (non-hydrogen) atoms. The summed E-state index contributed by atoms with van der Waals surface area (Å²) in [5.41, 5.74) is 0. The number of ether oxygens (including phenoxy) is 1. The van der Waals surface area contributed by atoms with Gasteiger partial charge in [-0.2, -0.15) is 0 Å². The quantitative estimate of drug-likeness (QED) is 0.842. The number of hydrogen-bond acceptors (Lipinski definition) is 3. The summed E-state index contributed by atoms with van der Waals surface area (Å²) in [6.45, 7) is 0.856. The first-order valence-corrected chi connectivity index (χ1v) is 6.42. The Morgan fingerprint density at radius 1 is 1.39 bits per heavy atom. The summed E-state index contributed by atoms with van der Waals surface area (Å²) in [5.74, 6) is 0.300. The van der Waals surface area contributed by atoms with Crippen molar-refractivity contribution in [2.45, 2.75) is 31.4 Å². The summed E-state index contributed by atoms with van der Waals surface area (Å²) in [7, 11) is 2.03. The second kappa shape index (κ2) is 6.16. The molecule has 1 atom stereocenters. The van der Waals surface area contributed by atoms with Crippen LogP contribution < -0.4 is 4.74 Å². The van der Waals surface area contributed by atoms with Gasteiger partial charge in [0.15, 0.2) is 0 Å². The lowest BCUT2D eigenvalue weighted by atomic mass is 9.92. The zero-order valence-electron chi connectivity index (χ0n) is 10.7. The Morgan fingerprint density at radius 3 is 2.61 bits per heavy atom. The topological polar surface area (TPSA) is 32.7 Å². The van der Waals surface area contributed by atoms with Gasteiger partial charge in [0.1, 0.15) is 24.3 Å². The summed E-state index contributed by atoms with van der Waals surface area (Å²) in [6.07, 6.45) is 3.22. The lowest BCUT2D eigenvalue weighted by Gasteiger charge is -2.35. The second-order valence-corrected chi connectivity index (χ2v) is 4.94. The minimum Gasteiger partial charge on any atom is -0.491 e. The van der Waals surface area contributed by atoms with E-state index in [-0.39, 0.29) is 12.4 Å². The summed E-state index contributed by atoms with van der Waals surface area (Å²) in [5, 5.41) is 9.86. The molecule has 4 heteroatoms. The molecule has 0 aromatic heterocycles. The van der Waals surface area contributed by atoms with Gasteiger partial charge in [-0.25, -0.2) is 4.39 Å². The monoisotopic (exact) mass is 253 g/mol. The van der Waals surface area contributed by atoms with E-state index in [0.717, 1.165) is 0 Å². The van der Waals surface area contributed by atoms with Gasteiger partial charge in [0.2, 0.25) is 0 Å². The third kappa shape index (κ3) is 3.68. The summed E-state index contributed by atoms with van der Waals surface area (Å²) >= 11 is 0. The third-order valence-electron chi connectivity index (χ3n) is 3.45. The first kappa shape index (κ1) is 13.3. The van der Waals surface area contributed by atoms with E-state index >= 15 is 0 Å². The first-order valence-electron chi connectivity index (χ1n) is 6.42. The van der Waals surface area contributed by atoms with Gasteiger partial charge < -0.3 is 14.7 Å². The molecular weight excluding hydrogens is 233 g/mol. The van der Waals surface area contributed by atoms with Crippen LogP contribution >= 0.6 is 0 Å². The van der Waals surface area contributed by atoms with Crippen molar-refractivity contribution in [2.75, 3.05) is 20.2 Å². The van der Waals surface area contributed by atoms with Crippen molar-refractivity contribution in [3.8, 4) is 5.75 Å². The normalized spacial score (nSPS) is 17.6. The number of likely N-dealkylation sites (N-methyl/N-ethyl adjacent to an activating group) is 1. The van der Waals surface area contributed by atoms with Crippen molar-refractivity contribution in [3.05, 3.63) is 30.1 Å².